The van der Waals surface area contributed by atoms with Crippen LogP contribution < -0.4 is 11.1 Å². The third kappa shape index (κ3) is 4.02. The summed E-state index contributed by atoms with van der Waals surface area (Å²) >= 11 is 0. The molecule has 17 heavy (non-hydrogen) atoms. The molecule has 1 aromatic rings. The fourth-order valence-electron chi connectivity index (χ4n) is 1.56. The van der Waals surface area contributed by atoms with Gasteiger partial charge in [-0.2, -0.15) is 0 Å². The summed E-state index contributed by atoms with van der Waals surface area (Å²) in [6.45, 7) is 6.29. The van der Waals surface area contributed by atoms with Crippen LogP contribution in [0.2, 0.25) is 0 Å². The van der Waals surface area contributed by atoms with E-state index in [4.69, 9.17) is 5.73 Å². The first-order valence-corrected chi connectivity index (χ1v) is 5.69. The van der Waals surface area contributed by atoms with Crippen LogP contribution in [-0.4, -0.2) is 12.5 Å². The van der Waals surface area contributed by atoms with Crippen LogP contribution in [0.25, 0.3) is 0 Å². The zero-order chi connectivity index (χ0) is 12.1. The number of para-hydroxylation sites is 1. The van der Waals surface area contributed by atoms with E-state index in [0.717, 1.165) is 23.2 Å². The van der Waals surface area contributed by atoms with E-state index in [2.05, 4.69) is 12.2 Å². The second-order valence-corrected chi connectivity index (χ2v) is 4.09. The molecule has 0 aliphatic heterocycles. The van der Waals surface area contributed by atoms with Crippen LogP contribution in [0.1, 0.15) is 25.0 Å². The minimum absolute atomic E-state index is 0. The summed E-state index contributed by atoms with van der Waals surface area (Å²) in [5.74, 6) is -0.157. The van der Waals surface area contributed by atoms with Crippen LogP contribution in [0.4, 0.5) is 5.69 Å². The molecule has 1 atom stereocenters. The highest BCUT2D eigenvalue weighted by atomic mass is 35.5. The van der Waals surface area contributed by atoms with Crippen LogP contribution in [0.15, 0.2) is 18.2 Å². The number of nitrogens with two attached hydrogens (primary N) is 1. The minimum Gasteiger partial charge on any atom is -0.330 e. The Bertz CT molecular complexity index is 380. The lowest BCUT2D eigenvalue weighted by Crippen LogP contribution is -2.27. The normalized spacial score (nSPS) is 11.5. The van der Waals surface area contributed by atoms with E-state index in [1.807, 2.05) is 32.0 Å². The highest BCUT2D eigenvalue weighted by Gasteiger charge is 2.13. The number of anilines is 1. The van der Waals surface area contributed by atoms with E-state index < -0.39 is 0 Å². The third-order valence-electron chi connectivity index (χ3n) is 2.79. The molecule has 4 heteroatoms. The highest BCUT2D eigenvalue weighted by Crippen LogP contribution is 2.21. The zero-order valence-corrected chi connectivity index (χ0v) is 11.4. The van der Waals surface area contributed by atoms with Crippen molar-refractivity contribution in [1.82, 2.24) is 0 Å². The fourth-order valence-corrected chi connectivity index (χ4v) is 1.56. The van der Waals surface area contributed by atoms with Crippen molar-refractivity contribution in [2.75, 3.05) is 11.9 Å². The maximum atomic E-state index is 11.8. The molecule has 0 radical (unpaired) electrons. The number of rotatable bonds is 4. The first-order chi connectivity index (χ1) is 7.60. The number of hydrogen-bond donors (Lipinski definition) is 2. The van der Waals surface area contributed by atoms with Gasteiger partial charge in [0.1, 0.15) is 0 Å². The lowest BCUT2D eigenvalue weighted by molar-refractivity contribution is -0.119. The third-order valence-corrected chi connectivity index (χ3v) is 2.79. The molecular weight excluding hydrogens is 236 g/mol. The summed E-state index contributed by atoms with van der Waals surface area (Å²) in [4.78, 5) is 11.8. The molecule has 0 aliphatic carbocycles. The van der Waals surface area contributed by atoms with Crippen molar-refractivity contribution in [2.24, 2.45) is 11.7 Å². The number of aryl methyl sites for hydroxylation is 2. The predicted octanol–water partition coefficient (Wildman–Crippen LogP) is 2.51. The highest BCUT2D eigenvalue weighted by molar-refractivity contribution is 5.94. The Hall–Kier alpha value is -1.06. The SMILES string of the molecule is CCc1cccc(C)c1NC(=O)C(C)CN.Cl. The Balaban J connectivity index is 0.00000256. The van der Waals surface area contributed by atoms with Gasteiger partial charge in [0.05, 0.1) is 0 Å². The molecule has 0 spiro atoms. The number of nitrogens with one attached hydrogen (secondary N) is 1. The van der Waals surface area contributed by atoms with Crippen LogP contribution in [0.5, 0.6) is 0 Å². The summed E-state index contributed by atoms with van der Waals surface area (Å²) in [5, 5.41) is 2.96. The second kappa shape index (κ2) is 7.30. The van der Waals surface area contributed by atoms with Crippen molar-refractivity contribution >= 4 is 24.0 Å². The molecule has 3 nitrogen and oxygen atoms in total. The van der Waals surface area contributed by atoms with Crippen LogP contribution in [-0.2, 0) is 11.2 Å². The van der Waals surface area contributed by atoms with Crippen molar-refractivity contribution < 1.29 is 4.79 Å². The van der Waals surface area contributed by atoms with Gasteiger partial charge in [0.25, 0.3) is 0 Å². The largest absolute Gasteiger partial charge is 0.330 e. The monoisotopic (exact) mass is 256 g/mol. The summed E-state index contributed by atoms with van der Waals surface area (Å²) in [6.07, 6.45) is 0.911. The minimum atomic E-state index is -0.149. The summed E-state index contributed by atoms with van der Waals surface area (Å²) < 4.78 is 0. The van der Waals surface area contributed by atoms with E-state index in [9.17, 15) is 4.79 Å². The van der Waals surface area contributed by atoms with E-state index in [1.165, 1.54) is 0 Å². The van der Waals surface area contributed by atoms with Gasteiger partial charge in [-0.05, 0) is 24.5 Å². The van der Waals surface area contributed by atoms with Crippen molar-refractivity contribution in [1.29, 1.82) is 0 Å². The van der Waals surface area contributed by atoms with Gasteiger partial charge in [0.2, 0.25) is 5.91 Å². The van der Waals surface area contributed by atoms with Crippen LogP contribution in [0.3, 0.4) is 0 Å². The van der Waals surface area contributed by atoms with Crippen LogP contribution >= 0.6 is 12.4 Å². The smallest absolute Gasteiger partial charge is 0.228 e. The second-order valence-electron chi connectivity index (χ2n) is 4.09. The van der Waals surface area contributed by atoms with Gasteiger partial charge in [0, 0.05) is 18.2 Å². The fraction of sp³-hybridized carbons (Fsp3) is 0.462. The maximum Gasteiger partial charge on any atom is 0.228 e. The van der Waals surface area contributed by atoms with Gasteiger partial charge in [-0.15, -0.1) is 12.4 Å². The average Bonchev–Trinajstić information content (AvgIpc) is 2.30. The number of benzene rings is 1. The molecule has 0 aliphatic rings. The van der Waals surface area contributed by atoms with Crippen LogP contribution in [0, 0.1) is 12.8 Å². The van der Waals surface area contributed by atoms with E-state index in [-0.39, 0.29) is 24.2 Å². The summed E-state index contributed by atoms with van der Waals surface area (Å²) in [6, 6.07) is 6.05. The van der Waals surface area contributed by atoms with Gasteiger partial charge in [-0.25, -0.2) is 0 Å². The topological polar surface area (TPSA) is 55.1 Å². The first-order valence-electron chi connectivity index (χ1n) is 5.69. The number of carbonyl (C=O) groups is 1. The first kappa shape index (κ1) is 15.9. The van der Waals surface area contributed by atoms with Crippen molar-refractivity contribution in [2.45, 2.75) is 27.2 Å². The number of halogens is 1. The van der Waals surface area contributed by atoms with E-state index >= 15 is 0 Å². The molecule has 96 valence electrons. The Labute approximate surface area is 109 Å². The molecule has 1 aromatic carbocycles. The number of carbonyl (C=O) groups excluding carboxylic acids is 1. The average molecular weight is 257 g/mol. The molecule has 0 aromatic heterocycles. The summed E-state index contributed by atoms with van der Waals surface area (Å²) in [5.41, 5.74) is 8.67. The molecule has 0 heterocycles. The maximum absolute atomic E-state index is 11.8. The van der Waals surface area contributed by atoms with Crippen molar-refractivity contribution in [3.05, 3.63) is 29.3 Å². The molecular formula is C13H21ClN2O. The molecule has 0 saturated carbocycles. The molecule has 1 rings (SSSR count). The van der Waals surface area contributed by atoms with Crippen molar-refractivity contribution in [3.63, 3.8) is 0 Å². The predicted molar refractivity (Wildman–Crippen MR) is 74.7 cm³/mol. The Morgan fingerprint density at radius 3 is 2.65 bits per heavy atom. The molecule has 1 amide bonds. The van der Waals surface area contributed by atoms with Crippen molar-refractivity contribution in [3.8, 4) is 0 Å². The van der Waals surface area contributed by atoms with E-state index in [0.29, 0.717) is 6.54 Å². The summed E-state index contributed by atoms with van der Waals surface area (Å²) in [7, 11) is 0. The molecule has 1 unspecified atom stereocenters. The number of amides is 1. The Kier molecular flexibility index (Phi) is 6.85. The molecule has 0 bridgehead atoms. The quantitative estimate of drug-likeness (QED) is 0.870. The zero-order valence-electron chi connectivity index (χ0n) is 10.6. The van der Waals surface area contributed by atoms with E-state index in [1.54, 1.807) is 0 Å². The molecule has 3 N–H and O–H groups in total. The number of hydrogen-bond acceptors (Lipinski definition) is 2. The molecule has 0 saturated heterocycles. The van der Waals surface area contributed by atoms with Gasteiger partial charge in [0.15, 0.2) is 0 Å². The van der Waals surface area contributed by atoms with Gasteiger partial charge in [-0.3, -0.25) is 4.79 Å². The van der Waals surface area contributed by atoms with Gasteiger partial charge < -0.3 is 11.1 Å². The lowest BCUT2D eigenvalue weighted by atomic mass is 10.0. The van der Waals surface area contributed by atoms with Gasteiger partial charge in [-0.1, -0.05) is 32.0 Å². The Morgan fingerprint density at radius 2 is 2.12 bits per heavy atom. The van der Waals surface area contributed by atoms with Gasteiger partial charge >= 0.3 is 0 Å². The molecule has 0 fully saturated rings. The Morgan fingerprint density at radius 1 is 1.47 bits per heavy atom. The lowest BCUT2D eigenvalue weighted by Gasteiger charge is -2.15. The standard InChI is InChI=1S/C13H20N2O.ClH/c1-4-11-7-5-6-9(2)12(11)15-13(16)10(3)8-14;/h5-7,10H,4,8,14H2,1-3H3,(H,15,16);1H.